The van der Waals surface area contributed by atoms with Crippen LogP contribution < -0.4 is 4.74 Å². The Morgan fingerprint density at radius 2 is 1.24 bits per heavy atom. The molecule has 2 rings (SSSR count). The molecule has 0 saturated carbocycles. The maximum absolute atomic E-state index is 14.1. The number of alkyl halides is 1. The quantitative estimate of drug-likeness (QED) is 0.181. The van der Waals surface area contributed by atoms with Crippen LogP contribution in [0.2, 0.25) is 0 Å². The third-order valence-corrected chi connectivity index (χ3v) is 6.44. The molecule has 3 nitrogen and oxygen atoms in total. The maximum Gasteiger partial charge on any atom is 0.159 e. The number of unbranched alkanes of at least 4 members (excludes halogenated alkanes) is 12. The van der Waals surface area contributed by atoms with E-state index in [0.717, 1.165) is 30.7 Å². The van der Waals surface area contributed by atoms with Crippen molar-refractivity contribution in [3.8, 4) is 17.1 Å². The molecule has 0 N–H and O–H groups in total. The second-order valence-corrected chi connectivity index (χ2v) is 9.63. The summed E-state index contributed by atoms with van der Waals surface area (Å²) in [6.45, 7) is 4.60. The second-order valence-electron chi connectivity index (χ2n) is 9.63. The van der Waals surface area contributed by atoms with E-state index >= 15 is 0 Å². The van der Waals surface area contributed by atoms with Crippen molar-refractivity contribution < 1.29 is 9.13 Å². The molecule has 0 aliphatic rings. The first-order valence-corrected chi connectivity index (χ1v) is 13.9. The van der Waals surface area contributed by atoms with Crippen molar-refractivity contribution in [2.45, 2.75) is 123 Å². The van der Waals surface area contributed by atoms with Gasteiger partial charge >= 0.3 is 0 Å². The van der Waals surface area contributed by atoms with Gasteiger partial charge in [0.2, 0.25) is 0 Å². The van der Waals surface area contributed by atoms with Crippen LogP contribution in [-0.2, 0) is 6.42 Å². The number of rotatable bonds is 20. The predicted octanol–water partition coefficient (Wildman–Crippen LogP) is 9.29. The molecule has 1 aromatic heterocycles. The van der Waals surface area contributed by atoms with Gasteiger partial charge in [-0.1, -0.05) is 97.3 Å². The average Bonchev–Trinajstić information content (AvgIpc) is 2.87. The van der Waals surface area contributed by atoms with Crippen molar-refractivity contribution >= 4 is 0 Å². The van der Waals surface area contributed by atoms with Gasteiger partial charge in [-0.25, -0.2) is 14.4 Å². The van der Waals surface area contributed by atoms with Crippen LogP contribution in [0.4, 0.5) is 4.39 Å². The molecule has 0 amide bonds. The minimum Gasteiger partial charge on any atom is -0.491 e. The van der Waals surface area contributed by atoms with Crippen molar-refractivity contribution in [2.75, 3.05) is 6.61 Å². The SMILES string of the molecule is CCCCCCCCCCc1cnc(-c2ccc(OC[C@@H](F)CCCCCCCC)cc2)nc1. The summed E-state index contributed by atoms with van der Waals surface area (Å²) >= 11 is 0. The highest BCUT2D eigenvalue weighted by Crippen LogP contribution is 2.20. The molecule has 0 radical (unpaired) electrons. The summed E-state index contributed by atoms with van der Waals surface area (Å²) in [4.78, 5) is 9.10. The molecular formula is C30H47FN2O. The second kappa shape index (κ2) is 18.4. The highest BCUT2D eigenvalue weighted by molar-refractivity contribution is 5.55. The van der Waals surface area contributed by atoms with Crippen molar-refractivity contribution in [3.63, 3.8) is 0 Å². The van der Waals surface area contributed by atoms with E-state index in [-0.39, 0.29) is 6.61 Å². The van der Waals surface area contributed by atoms with E-state index in [2.05, 4.69) is 23.8 Å². The van der Waals surface area contributed by atoms with Gasteiger partial charge in [0.25, 0.3) is 0 Å². The fourth-order valence-corrected chi connectivity index (χ4v) is 4.21. The number of halogens is 1. The van der Waals surface area contributed by atoms with Crippen LogP contribution in [0.25, 0.3) is 11.4 Å². The molecule has 0 aliphatic carbocycles. The average molecular weight is 471 g/mol. The molecule has 2 aromatic rings. The van der Waals surface area contributed by atoms with Gasteiger partial charge in [0.1, 0.15) is 18.5 Å². The zero-order chi connectivity index (χ0) is 24.3. The Kier molecular flexibility index (Phi) is 15.3. The standard InChI is InChI=1S/C30H47FN2O/c1-3-5-7-9-11-12-13-15-17-26-23-32-30(33-24-26)27-19-21-29(22-20-27)34-25-28(31)18-16-14-10-8-6-4-2/h19-24,28H,3-18,25H2,1-2H3/t28-/m0/s1. The minimum absolute atomic E-state index is 0.123. The van der Waals surface area contributed by atoms with Crippen LogP contribution in [0, 0.1) is 0 Å². The van der Waals surface area contributed by atoms with E-state index in [4.69, 9.17) is 4.74 Å². The molecule has 0 saturated heterocycles. The zero-order valence-electron chi connectivity index (χ0n) is 21.7. The number of nitrogens with zero attached hydrogens (tertiary/aromatic N) is 2. The van der Waals surface area contributed by atoms with Crippen LogP contribution in [0.15, 0.2) is 36.7 Å². The number of aryl methyl sites for hydroxylation is 1. The fraction of sp³-hybridized carbons (Fsp3) is 0.667. The molecule has 0 unspecified atom stereocenters. The van der Waals surface area contributed by atoms with E-state index in [9.17, 15) is 4.39 Å². The Hall–Kier alpha value is -1.97. The lowest BCUT2D eigenvalue weighted by Gasteiger charge is -2.11. The lowest BCUT2D eigenvalue weighted by Crippen LogP contribution is -2.12. The van der Waals surface area contributed by atoms with Gasteiger partial charge in [0, 0.05) is 18.0 Å². The highest BCUT2D eigenvalue weighted by Gasteiger charge is 2.08. The summed E-state index contributed by atoms with van der Waals surface area (Å²) in [6, 6.07) is 7.66. The largest absolute Gasteiger partial charge is 0.491 e. The molecule has 0 bridgehead atoms. The van der Waals surface area contributed by atoms with Gasteiger partial charge in [0.05, 0.1) is 0 Å². The van der Waals surface area contributed by atoms with Crippen molar-refractivity contribution in [1.82, 2.24) is 9.97 Å². The number of hydrogen-bond donors (Lipinski definition) is 0. The number of benzene rings is 1. The van der Waals surface area contributed by atoms with Gasteiger partial charge in [-0.15, -0.1) is 0 Å². The van der Waals surface area contributed by atoms with Crippen molar-refractivity contribution in [1.29, 1.82) is 0 Å². The third kappa shape index (κ3) is 12.5. The molecular weight excluding hydrogens is 423 g/mol. The third-order valence-electron chi connectivity index (χ3n) is 6.44. The number of ether oxygens (including phenoxy) is 1. The van der Waals surface area contributed by atoms with Crippen LogP contribution in [-0.4, -0.2) is 22.7 Å². The van der Waals surface area contributed by atoms with Crippen LogP contribution >= 0.6 is 0 Å². The smallest absolute Gasteiger partial charge is 0.159 e. The maximum atomic E-state index is 14.1. The van der Waals surface area contributed by atoms with Gasteiger partial charge in [-0.2, -0.15) is 0 Å². The monoisotopic (exact) mass is 470 g/mol. The summed E-state index contributed by atoms with van der Waals surface area (Å²) in [5, 5.41) is 0. The summed E-state index contributed by atoms with van der Waals surface area (Å²) in [7, 11) is 0. The highest BCUT2D eigenvalue weighted by atomic mass is 19.1. The molecule has 190 valence electrons. The van der Waals surface area contributed by atoms with Crippen molar-refractivity contribution in [2.24, 2.45) is 0 Å². The molecule has 0 fully saturated rings. The molecule has 1 aromatic carbocycles. The van der Waals surface area contributed by atoms with Crippen LogP contribution in [0.3, 0.4) is 0 Å². The van der Waals surface area contributed by atoms with Gasteiger partial charge < -0.3 is 4.74 Å². The Labute approximate surface area is 208 Å². The molecule has 4 heteroatoms. The molecule has 0 spiro atoms. The molecule has 1 heterocycles. The summed E-state index contributed by atoms with van der Waals surface area (Å²) in [5.41, 5.74) is 2.16. The zero-order valence-corrected chi connectivity index (χ0v) is 21.7. The number of aromatic nitrogens is 2. The van der Waals surface area contributed by atoms with E-state index in [0.29, 0.717) is 12.2 Å². The summed E-state index contributed by atoms with van der Waals surface area (Å²) < 4.78 is 19.7. The lowest BCUT2D eigenvalue weighted by atomic mass is 10.1. The Morgan fingerprint density at radius 1 is 0.706 bits per heavy atom. The Balaban J connectivity index is 1.63. The van der Waals surface area contributed by atoms with Crippen LogP contribution in [0.1, 0.15) is 116 Å². The molecule has 0 aliphatic heterocycles. The first-order chi connectivity index (χ1) is 16.7. The summed E-state index contributed by atoms with van der Waals surface area (Å²) in [6.07, 6.45) is 22.3. The van der Waals surface area contributed by atoms with E-state index < -0.39 is 6.17 Å². The number of hydrogen-bond acceptors (Lipinski definition) is 3. The van der Waals surface area contributed by atoms with E-state index in [1.165, 1.54) is 82.6 Å². The first kappa shape index (κ1) is 28.3. The first-order valence-electron chi connectivity index (χ1n) is 13.9. The van der Waals surface area contributed by atoms with Gasteiger partial charge in [-0.05, 0) is 49.1 Å². The van der Waals surface area contributed by atoms with Crippen LogP contribution in [0.5, 0.6) is 5.75 Å². The Morgan fingerprint density at radius 3 is 1.82 bits per heavy atom. The topological polar surface area (TPSA) is 35.0 Å². The minimum atomic E-state index is -0.900. The van der Waals surface area contributed by atoms with Gasteiger partial charge in [0.15, 0.2) is 5.82 Å². The molecule has 34 heavy (non-hydrogen) atoms. The normalized spacial score (nSPS) is 12.1. The van der Waals surface area contributed by atoms with E-state index in [1.807, 2.05) is 36.7 Å². The summed E-state index contributed by atoms with van der Waals surface area (Å²) in [5.74, 6) is 1.42. The van der Waals surface area contributed by atoms with Crippen molar-refractivity contribution in [3.05, 3.63) is 42.2 Å². The Bertz CT molecular complexity index is 732. The predicted molar refractivity (Wildman–Crippen MR) is 142 cm³/mol. The lowest BCUT2D eigenvalue weighted by molar-refractivity contribution is 0.184. The molecule has 1 atom stereocenters. The van der Waals surface area contributed by atoms with Gasteiger partial charge in [-0.3, -0.25) is 0 Å². The van der Waals surface area contributed by atoms with E-state index in [1.54, 1.807) is 0 Å². The fourth-order valence-electron chi connectivity index (χ4n) is 4.21.